The lowest BCUT2D eigenvalue weighted by atomic mass is 10.1. The Hall–Kier alpha value is -3.28. The largest absolute Gasteiger partial charge is 0.497 e. The lowest BCUT2D eigenvalue weighted by molar-refractivity contribution is -0.137. The van der Waals surface area contributed by atoms with E-state index in [1.807, 2.05) is 47.0 Å². The highest BCUT2D eigenvalue weighted by Gasteiger charge is 2.31. The number of fused-ring (bicyclic) bond motifs is 1. The normalized spacial score (nSPS) is 11.7. The number of aromatic nitrogens is 2. The molecule has 142 valence electrons. The first-order valence-corrected chi connectivity index (χ1v) is 8.71. The molecule has 0 saturated carbocycles. The predicted molar refractivity (Wildman–Crippen MR) is 102 cm³/mol. The van der Waals surface area contributed by atoms with Crippen molar-refractivity contribution in [3.8, 4) is 17.1 Å². The SMILES string of the molecule is COc1ccc2nc(-c3cccc(C(F)(F)F)c3)n(Cc3ccccc3)c2c1. The molecule has 0 aliphatic carbocycles. The summed E-state index contributed by atoms with van der Waals surface area (Å²) in [5, 5.41) is 0. The Bertz CT molecular complexity index is 1120. The molecule has 4 aromatic rings. The average Bonchev–Trinajstić information content (AvgIpc) is 3.06. The molecule has 0 bridgehead atoms. The monoisotopic (exact) mass is 382 g/mol. The molecule has 0 fully saturated rings. The standard InChI is InChI=1S/C22H17F3N2O/c1-28-18-10-11-19-20(13-18)27(14-15-6-3-2-4-7-15)21(26-19)16-8-5-9-17(12-16)22(23,24)25/h2-13H,14H2,1H3. The van der Waals surface area contributed by atoms with Crippen molar-refractivity contribution in [2.24, 2.45) is 0 Å². The summed E-state index contributed by atoms with van der Waals surface area (Å²) in [5.41, 5.74) is 2.25. The van der Waals surface area contributed by atoms with Gasteiger partial charge < -0.3 is 9.30 Å². The number of rotatable bonds is 4. The van der Waals surface area contributed by atoms with Crippen molar-refractivity contribution in [2.45, 2.75) is 12.7 Å². The zero-order valence-electron chi connectivity index (χ0n) is 15.1. The van der Waals surface area contributed by atoms with Crippen LogP contribution in [0.5, 0.6) is 5.75 Å². The molecular weight excluding hydrogens is 365 g/mol. The molecule has 0 aliphatic heterocycles. The van der Waals surface area contributed by atoms with Crippen LogP contribution in [0.2, 0.25) is 0 Å². The fraction of sp³-hybridized carbons (Fsp3) is 0.136. The second-order valence-electron chi connectivity index (χ2n) is 6.44. The minimum absolute atomic E-state index is 0.418. The summed E-state index contributed by atoms with van der Waals surface area (Å²) in [6.45, 7) is 0.482. The van der Waals surface area contributed by atoms with Crippen molar-refractivity contribution >= 4 is 11.0 Å². The Kier molecular flexibility index (Phi) is 4.55. The highest BCUT2D eigenvalue weighted by atomic mass is 19.4. The number of nitrogens with zero attached hydrogens (tertiary/aromatic N) is 2. The van der Waals surface area contributed by atoms with Crippen molar-refractivity contribution in [3.05, 3.63) is 83.9 Å². The van der Waals surface area contributed by atoms with Gasteiger partial charge in [0.15, 0.2) is 0 Å². The second kappa shape index (κ2) is 7.03. The third-order valence-electron chi connectivity index (χ3n) is 4.59. The van der Waals surface area contributed by atoms with Gasteiger partial charge in [0.05, 0.1) is 23.7 Å². The van der Waals surface area contributed by atoms with Crippen LogP contribution in [0.1, 0.15) is 11.1 Å². The molecule has 0 spiro atoms. The molecule has 3 aromatic carbocycles. The summed E-state index contributed by atoms with van der Waals surface area (Å²) in [6.07, 6.45) is -4.41. The van der Waals surface area contributed by atoms with Gasteiger partial charge >= 0.3 is 6.18 Å². The molecule has 0 radical (unpaired) electrons. The van der Waals surface area contributed by atoms with Crippen molar-refractivity contribution in [1.82, 2.24) is 9.55 Å². The second-order valence-corrected chi connectivity index (χ2v) is 6.44. The molecule has 0 unspecified atom stereocenters. The summed E-state index contributed by atoms with van der Waals surface area (Å²) in [7, 11) is 1.58. The van der Waals surface area contributed by atoms with Gasteiger partial charge in [0, 0.05) is 18.2 Å². The van der Waals surface area contributed by atoms with Crippen LogP contribution >= 0.6 is 0 Å². The molecule has 0 aliphatic rings. The van der Waals surface area contributed by atoms with E-state index in [4.69, 9.17) is 4.74 Å². The van der Waals surface area contributed by atoms with E-state index in [1.54, 1.807) is 19.2 Å². The number of hydrogen-bond acceptors (Lipinski definition) is 2. The van der Waals surface area contributed by atoms with Gasteiger partial charge in [-0.1, -0.05) is 42.5 Å². The van der Waals surface area contributed by atoms with Gasteiger partial charge in [-0.25, -0.2) is 4.98 Å². The van der Waals surface area contributed by atoms with Gasteiger partial charge in [0.2, 0.25) is 0 Å². The Balaban J connectivity index is 1.91. The van der Waals surface area contributed by atoms with E-state index in [2.05, 4.69) is 4.98 Å². The summed E-state index contributed by atoms with van der Waals surface area (Å²) in [4.78, 5) is 4.62. The number of benzene rings is 3. The van der Waals surface area contributed by atoms with E-state index < -0.39 is 11.7 Å². The lowest BCUT2D eigenvalue weighted by Crippen LogP contribution is -2.06. The average molecular weight is 382 g/mol. The molecule has 0 atom stereocenters. The number of halogens is 3. The van der Waals surface area contributed by atoms with Gasteiger partial charge in [0.25, 0.3) is 0 Å². The Morgan fingerprint density at radius 1 is 0.929 bits per heavy atom. The minimum Gasteiger partial charge on any atom is -0.497 e. The molecule has 28 heavy (non-hydrogen) atoms. The molecular formula is C22H17F3N2O. The maximum atomic E-state index is 13.2. The summed E-state index contributed by atoms with van der Waals surface area (Å²) in [6, 6.07) is 20.4. The first-order valence-electron chi connectivity index (χ1n) is 8.71. The molecule has 1 heterocycles. The Morgan fingerprint density at radius 3 is 2.43 bits per heavy atom. The van der Waals surface area contributed by atoms with E-state index >= 15 is 0 Å². The minimum atomic E-state index is -4.41. The topological polar surface area (TPSA) is 27.1 Å². The predicted octanol–water partition coefficient (Wildman–Crippen LogP) is 5.78. The fourth-order valence-corrected chi connectivity index (χ4v) is 3.21. The van der Waals surface area contributed by atoms with Gasteiger partial charge in [0.1, 0.15) is 11.6 Å². The summed E-state index contributed by atoms with van der Waals surface area (Å²) in [5.74, 6) is 1.15. The lowest BCUT2D eigenvalue weighted by Gasteiger charge is -2.12. The fourth-order valence-electron chi connectivity index (χ4n) is 3.21. The van der Waals surface area contributed by atoms with Crippen LogP contribution in [0.3, 0.4) is 0 Å². The number of hydrogen-bond donors (Lipinski definition) is 0. The Labute approximate surface area is 160 Å². The zero-order valence-corrected chi connectivity index (χ0v) is 15.1. The van der Waals surface area contributed by atoms with Gasteiger partial charge in [-0.05, 0) is 29.8 Å². The first-order chi connectivity index (χ1) is 13.5. The number of ether oxygens (including phenoxy) is 1. The first kappa shape index (κ1) is 18.1. The van der Waals surface area contributed by atoms with Crippen LogP contribution in [0.25, 0.3) is 22.4 Å². The maximum absolute atomic E-state index is 13.2. The molecule has 4 rings (SSSR count). The zero-order chi connectivity index (χ0) is 19.7. The quantitative estimate of drug-likeness (QED) is 0.447. The number of alkyl halides is 3. The Morgan fingerprint density at radius 2 is 1.71 bits per heavy atom. The molecule has 0 saturated heterocycles. The van der Waals surface area contributed by atoms with Crippen LogP contribution in [0.4, 0.5) is 13.2 Å². The van der Waals surface area contributed by atoms with E-state index in [9.17, 15) is 13.2 Å². The van der Waals surface area contributed by atoms with E-state index in [0.29, 0.717) is 29.2 Å². The van der Waals surface area contributed by atoms with Crippen molar-refractivity contribution in [3.63, 3.8) is 0 Å². The molecule has 1 aromatic heterocycles. The molecule has 3 nitrogen and oxygen atoms in total. The van der Waals surface area contributed by atoms with Gasteiger partial charge in [-0.2, -0.15) is 13.2 Å². The highest BCUT2D eigenvalue weighted by molar-refractivity contribution is 5.82. The van der Waals surface area contributed by atoms with Crippen LogP contribution in [-0.4, -0.2) is 16.7 Å². The van der Waals surface area contributed by atoms with Gasteiger partial charge in [-0.3, -0.25) is 0 Å². The van der Waals surface area contributed by atoms with Crippen LogP contribution in [0, 0.1) is 0 Å². The van der Waals surface area contributed by atoms with Crippen LogP contribution in [-0.2, 0) is 12.7 Å². The highest BCUT2D eigenvalue weighted by Crippen LogP contribution is 2.34. The number of methoxy groups -OCH3 is 1. The van der Waals surface area contributed by atoms with E-state index in [1.165, 1.54) is 6.07 Å². The summed E-state index contributed by atoms with van der Waals surface area (Å²) >= 11 is 0. The van der Waals surface area contributed by atoms with Crippen LogP contribution < -0.4 is 4.74 Å². The molecule has 6 heteroatoms. The number of imidazole rings is 1. The van der Waals surface area contributed by atoms with Crippen molar-refractivity contribution in [2.75, 3.05) is 7.11 Å². The van der Waals surface area contributed by atoms with Crippen LogP contribution in [0.15, 0.2) is 72.8 Å². The smallest absolute Gasteiger partial charge is 0.416 e. The van der Waals surface area contributed by atoms with Gasteiger partial charge in [-0.15, -0.1) is 0 Å². The van der Waals surface area contributed by atoms with Crippen molar-refractivity contribution < 1.29 is 17.9 Å². The van der Waals surface area contributed by atoms with E-state index in [0.717, 1.165) is 23.2 Å². The molecule has 0 N–H and O–H groups in total. The molecule has 0 amide bonds. The maximum Gasteiger partial charge on any atom is 0.416 e. The third-order valence-corrected chi connectivity index (χ3v) is 4.59. The van der Waals surface area contributed by atoms with E-state index in [-0.39, 0.29) is 0 Å². The van der Waals surface area contributed by atoms with Crippen molar-refractivity contribution in [1.29, 1.82) is 0 Å². The summed E-state index contributed by atoms with van der Waals surface area (Å²) < 4.78 is 46.8. The third kappa shape index (κ3) is 3.45.